The maximum atomic E-state index is 6.17. The van der Waals surface area contributed by atoms with Crippen molar-refractivity contribution in [2.75, 3.05) is 30.4 Å². The van der Waals surface area contributed by atoms with Gasteiger partial charge >= 0.3 is 6.01 Å². The van der Waals surface area contributed by atoms with Gasteiger partial charge in [0.25, 0.3) is 0 Å². The van der Waals surface area contributed by atoms with Crippen LogP contribution in [0, 0.1) is 0 Å². The summed E-state index contributed by atoms with van der Waals surface area (Å²) in [5.41, 5.74) is 11.8. The molecule has 3 N–H and O–H groups in total. The van der Waals surface area contributed by atoms with Crippen LogP contribution in [0.3, 0.4) is 0 Å². The normalized spacial score (nSPS) is 17.4. The summed E-state index contributed by atoms with van der Waals surface area (Å²) >= 11 is 0. The smallest absolute Gasteiger partial charge is 0.324 e. The van der Waals surface area contributed by atoms with Crippen molar-refractivity contribution in [1.82, 2.24) is 15.0 Å². The van der Waals surface area contributed by atoms with Crippen molar-refractivity contribution in [3.63, 3.8) is 0 Å². The van der Waals surface area contributed by atoms with Crippen LogP contribution in [0.25, 0.3) is 11.1 Å². The molecule has 28 heavy (non-hydrogen) atoms. The van der Waals surface area contributed by atoms with Crippen molar-refractivity contribution in [1.29, 1.82) is 0 Å². The molecule has 3 heterocycles. The van der Waals surface area contributed by atoms with Gasteiger partial charge in [0.2, 0.25) is 0 Å². The number of ether oxygens (including phenoxy) is 1. The lowest BCUT2D eigenvalue weighted by Crippen LogP contribution is -2.27. The topological polar surface area (TPSA) is 89.2 Å². The Morgan fingerprint density at radius 2 is 2.14 bits per heavy atom. The number of hydrogen-bond donors (Lipinski definition) is 2. The number of pyridine rings is 1. The number of fused-ring (bicyclic) bond motifs is 3. The van der Waals surface area contributed by atoms with Crippen molar-refractivity contribution in [3.05, 3.63) is 54.0 Å². The Morgan fingerprint density at radius 3 is 2.89 bits per heavy atom. The van der Waals surface area contributed by atoms with Gasteiger partial charge in [-0.1, -0.05) is 12.1 Å². The Hall–Kier alpha value is -3.19. The molecule has 1 fully saturated rings. The third-order valence-electron chi connectivity index (χ3n) is 5.37. The van der Waals surface area contributed by atoms with Gasteiger partial charge in [-0.25, -0.2) is 0 Å². The second-order valence-corrected chi connectivity index (χ2v) is 7.20. The largest absolute Gasteiger partial charge is 0.423 e. The van der Waals surface area contributed by atoms with Gasteiger partial charge in [0.15, 0.2) is 0 Å². The highest BCUT2D eigenvalue weighted by molar-refractivity contribution is 5.88. The number of rotatable bonds is 4. The number of hydrogen-bond acceptors (Lipinski definition) is 7. The summed E-state index contributed by atoms with van der Waals surface area (Å²) in [6.07, 6.45) is 5.08. The van der Waals surface area contributed by atoms with Crippen molar-refractivity contribution in [3.8, 4) is 22.9 Å². The first-order chi connectivity index (χ1) is 13.7. The maximum absolute atomic E-state index is 6.17. The Bertz CT molecular complexity index is 1020. The molecule has 0 spiro atoms. The van der Waals surface area contributed by atoms with Crippen molar-refractivity contribution in [2.24, 2.45) is 5.73 Å². The molecule has 1 aromatic carbocycles. The van der Waals surface area contributed by atoms with Crippen LogP contribution in [-0.2, 0) is 6.42 Å². The van der Waals surface area contributed by atoms with Gasteiger partial charge < -0.3 is 20.7 Å². The van der Waals surface area contributed by atoms with Crippen LogP contribution in [0.2, 0.25) is 0 Å². The van der Waals surface area contributed by atoms with Crippen LogP contribution in [0.5, 0.6) is 11.8 Å². The molecule has 7 heteroatoms. The standard InChI is InChI=1S/C21H22N6O/c1-23-17-6-2-5-15-16(17)10-18-19(15)20(27-9-7-13(22)12-27)26-21(25-18)28-14-4-3-8-24-11-14/h2-6,8,11,13,23H,7,9-10,12,22H2,1H3/t13-/m1/s1. The SMILES string of the molecule is CNc1cccc2c1Cc1nc(Oc3cccnc3)nc(N3CC[C@@H](N)C3)c1-2. The molecule has 5 rings (SSSR count). The molecule has 3 aromatic rings. The number of anilines is 2. The van der Waals surface area contributed by atoms with Crippen LogP contribution >= 0.6 is 0 Å². The number of nitrogens with two attached hydrogens (primary N) is 1. The molecule has 0 bridgehead atoms. The van der Waals surface area contributed by atoms with E-state index >= 15 is 0 Å². The van der Waals surface area contributed by atoms with E-state index in [1.54, 1.807) is 12.4 Å². The van der Waals surface area contributed by atoms with E-state index in [0.29, 0.717) is 11.8 Å². The quantitative estimate of drug-likeness (QED) is 0.568. The molecule has 1 atom stereocenters. The lowest BCUT2D eigenvalue weighted by atomic mass is 10.1. The summed E-state index contributed by atoms with van der Waals surface area (Å²) in [5, 5.41) is 3.29. The first-order valence-electron chi connectivity index (χ1n) is 9.52. The number of nitrogens with zero attached hydrogens (tertiary/aromatic N) is 4. The van der Waals surface area contributed by atoms with Gasteiger partial charge in [0.05, 0.1) is 11.9 Å². The lowest BCUT2D eigenvalue weighted by Gasteiger charge is -2.21. The zero-order chi connectivity index (χ0) is 19.1. The average Bonchev–Trinajstić information content (AvgIpc) is 3.31. The minimum absolute atomic E-state index is 0.165. The molecular formula is C21H22N6O. The van der Waals surface area contributed by atoms with Crippen LogP contribution in [0.1, 0.15) is 17.7 Å². The second-order valence-electron chi connectivity index (χ2n) is 7.20. The van der Waals surface area contributed by atoms with E-state index in [0.717, 1.165) is 48.7 Å². The first-order valence-corrected chi connectivity index (χ1v) is 9.52. The summed E-state index contributed by atoms with van der Waals surface area (Å²) in [4.78, 5) is 15.9. The van der Waals surface area contributed by atoms with Crippen LogP contribution in [0.15, 0.2) is 42.7 Å². The molecule has 0 amide bonds. The average molecular weight is 374 g/mol. The third-order valence-corrected chi connectivity index (χ3v) is 5.37. The van der Waals surface area contributed by atoms with Crippen LogP contribution in [-0.4, -0.2) is 41.1 Å². The molecule has 1 aliphatic heterocycles. The summed E-state index contributed by atoms with van der Waals surface area (Å²) < 4.78 is 5.93. The van der Waals surface area contributed by atoms with Crippen LogP contribution in [0.4, 0.5) is 11.5 Å². The zero-order valence-corrected chi connectivity index (χ0v) is 15.7. The van der Waals surface area contributed by atoms with Gasteiger partial charge in [-0.2, -0.15) is 9.97 Å². The van der Waals surface area contributed by atoms with Gasteiger partial charge in [0.1, 0.15) is 11.6 Å². The van der Waals surface area contributed by atoms with Gasteiger partial charge in [-0.05, 0) is 35.7 Å². The minimum Gasteiger partial charge on any atom is -0.423 e. The highest BCUT2D eigenvalue weighted by Crippen LogP contribution is 2.45. The monoisotopic (exact) mass is 374 g/mol. The summed E-state index contributed by atoms with van der Waals surface area (Å²) in [6, 6.07) is 10.5. The molecule has 2 aromatic heterocycles. The van der Waals surface area contributed by atoms with Gasteiger partial charge in [-0.15, -0.1) is 0 Å². The van der Waals surface area contributed by atoms with Gasteiger partial charge in [-0.3, -0.25) is 4.98 Å². The maximum Gasteiger partial charge on any atom is 0.324 e. The molecule has 1 saturated heterocycles. The van der Waals surface area contributed by atoms with E-state index in [4.69, 9.17) is 20.4 Å². The molecular weight excluding hydrogens is 352 g/mol. The van der Waals surface area contributed by atoms with E-state index in [9.17, 15) is 0 Å². The molecule has 0 radical (unpaired) electrons. The molecule has 7 nitrogen and oxygen atoms in total. The van der Waals surface area contributed by atoms with Crippen molar-refractivity contribution < 1.29 is 4.74 Å². The zero-order valence-electron chi connectivity index (χ0n) is 15.7. The fourth-order valence-corrected chi connectivity index (χ4v) is 4.06. The Labute approximate surface area is 163 Å². The molecule has 0 saturated carbocycles. The predicted octanol–water partition coefficient (Wildman–Crippen LogP) is 2.81. The highest BCUT2D eigenvalue weighted by atomic mass is 16.5. The van der Waals surface area contributed by atoms with E-state index in [2.05, 4.69) is 33.4 Å². The summed E-state index contributed by atoms with van der Waals surface area (Å²) in [6.45, 7) is 1.68. The number of aromatic nitrogens is 3. The number of benzene rings is 1. The first kappa shape index (κ1) is 16.9. The highest BCUT2D eigenvalue weighted by Gasteiger charge is 2.31. The van der Waals surface area contributed by atoms with Crippen LogP contribution < -0.4 is 20.7 Å². The lowest BCUT2D eigenvalue weighted by molar-refractivity contribution is 0.438. The van der Waals surface area contributed by atoms with Crippen molar-refractivity contribution in [2.45, 2.75) is 18.9 Å². The second kappa shape index (κ2) is 6.76. The predicted molar refractivity (Wildman–Crippen MR) is 109 cm³/mol. The Balaban J connectivity index is 1.63. The third kappa shape index (κ3) is 2.84. The van der Waals surface area contributed by atoms with E-state index in [1.165, 1.54) is 11.1 Å². The molecule has 2 aliphatic rings. The van der Waals surface area contributed by atoms with E-state index in [-0.39, 0.29) is 6.04 Å². The molecule has 142 valence electrons. The molecule has 0 unspecified atom stereocenters. The van der Waals surface area contributed by atoms with E-state index in [1.807, 2.05) is 19.2 Å². The Morgan fingerprint density at radius 1 is 1.21 bits per heavy atom. The summed E-state index contributed by atoms with van der Waals surface area (Å²) in [5.74, 6) is 1.53. The van der Waals surface area contributed by atoms with E-state index < -0.39 is 0 Å². The minimum atomic E-state index is 0.165. The Kier molecular flexibility index (Phi) is 4.09. The summed E-state index contributed by atoms with van der Waals surface area (Å²) in [7, 11) is 1.95. The van der Waals surface area contributed by atoms with Gasteiger partial charge in [0, 0.05) is 50.0 Å². The fraction of sp³-hybridized carbons (Fsp3) is 0.286. The number of nitrogens with one attached hydrogen (secondary N) is 1. The molecule has 1 aliphatic carbocycles. The fourth-order valence-electron chi connectivity index (χ4n) is 4.06. The van der Waals surface area contributed by atoms with Crippen molar-refractivity contribution >= 4 is 11.5 Å².